The molecule has 0 saturated carbocycles. The number of halogens is 3. The fourth-order valence-corrected chi connectivity index (χ4v) is 4.94. The van der Waals surface area contributed by atoms with Gasteiger partial charge in [0.2, 0.25) is 0 Å². The maximum Gasteiger partial charge on any atom is 0.338 e. The molecule has 37 heavy (non-hydrogen) atoms. The summed E-state index contributed by atoms with van der Waals surface area (Å²) in [5.41, 5.74) is 2.39. The predicted octanol–water partition coefficient (Wildman–Crippen LogP) is 7.12. The second kappa shape index (κ2) is 11.8. The first-order valence-corrected chi connectivity index (χ1v) is 12.7. The Bertz CT molecular complexity index is 1370. The molecular weight excluding hydrogens is 538 g/mol. The highest BCUT2D eigenvalue weighted by Gasteiger charge is 2.30. The number of amidine groups is 1. The lowest BCUT2D eigenvalue weighted by Gasteiger charge is -2.11. The van der Waals surface area contributed by atoms with Crippen LogP contribution in [0.4, 0.5) is 10.1 Å². The van der Waals surface area contributed by atoms with E-state index in [1.165, 1.54) is 28.8 Å². The second-order valence-corrected chi connectivity index (χ2v) is 9.69. The standard InChI is InChI=1S/C27H21Cl2FN2O4S/c1-3-35-26(34)18-6-10-20(11-7-18)31-27-32(2)25(33)23(37-27)14-17-12-21(28)24(22(29)13-17)36-15-16-4-8-19(30)9-5-16/h4-14H,3,15H2,1-2H3. The van der Waals surface area contributed by atoms with Crippen LogP contribution in [0.2, 0.25) is 10.0 Å². The van der Waals surface area contributed by atoms with Crippen LogP contribution in [-0.2, 0) is 16.1 Å². The van der Waals surface area contributed by atoms with Gasteiger partial charge < -0.3 is 9.47 Å². The van der Waals surface area contributed by atoms with E-state index in [0.29, 0.717) is 39.2 Å². The Morgan fingerprint density at radius 1 is 1.08 bits per heavy atom. The van der Waals surface area contributed by atoms with E-state index < -0.39 is 5.97 Å². The van der Waals surface area contributed by atoms with Gasteiger partial charge in [-0.2, -0.15) is 0 Å². The van der Waals surface area contributed by atoms with Gasteiger partial charge in [-0.1, -0.05) is 35.3 Å². The molecule has 3 aromatic rings. The number of likely N-dealkylation sites (N-methyl/N-ethyl adjacent to an activating group) is 1. The van der Waals surface area contributed by atoms with E-state index in [4.69, 9.17) is 32.7 Å². The van der Waals surface area contributed by atoms with Gasteiger partial charge in [-0.15, -0.1) is 0 Å². The number of nitrogens with zero attached hydrogens (tertiary/aromatic N) is 2. The zero-order valence-electron chi connectivity index (χ0n) is 19.8. The highest BCUT2D eigenvalue weighted by molar-refractivity contribution is 8.18. The molecule has 0 aromatic heterocycles. The molecule has 1 aliphatic rings. The van der Waals surface area contributed by atoms with Crippen molar-refractivity contribution < 1.29 is 23.5 Å². The van der Waals surface area contributed by atoms with Gasteiger partial charge in [-0.05, 0) is 84.4 Å². The van der Waals surface area contributed by atoms with Gasteiger partial charge in [0.1, 0.15) is 12.4 Å². The van der Waals surface area contributed by atoms with Gasteiger partial charge in [0, 0.05) is 7.05 Å². The van der Waals surface area contributed by atoms with E-state index in [1.54, 1.807) is 68.6 Å². The van der Waals surface area contributed by atoms with Crippen molar-refractivity contribution in [2.45, 2.75) is 13.5 Å². The maximum atomic E-state index is 13.1. The van der Waals surface area contributed by atoms with E-state index in [1.807, 2.05) is 0 Å². The van der Waals surface area contributed by atoms with Crippen LogP contribution in [0.25, 0.3) is 6.08 Å². The van der Waals surface area contributed by atoms with Crippen molar-refractivity contribution in [3.8, 4) is 5.75 Å². The summed E-state index contributed by atoms with van der Waals surface area (Å²) in [6.07, 6.45) is 1.68. The molecule has 0 N–H and O–H groups in total. The number of carbonyl (C=O) groups excluding carboxylic acids is 2. The Kier molecular flexibility index (Phi) is 8.53. The molecule has 1 aliphatic heterocycles. The third-order valence-electron chi connectivity index (χ3n) is 5.22. The molecule has 1 amide bonds. The van der Waals surface area contributed by atoms with Gasteiger partial charge in [-0.25, -0.2) is 14.2 Å². The van der Waals surface area contributed by atoms with E-state index in [0.717, 1.165) is 5.56 Å². The van der Waals surface area contributed by atoms with Crippen molar-refractivity contribution in [1.29, 1.82) is 0 Å². The molecule has 10 heteroatoms. The number of carbonyl (C=O) groups is 2. The van der Waals surface area contributed by atoms with Crippen LogP contribution in [0.1, 0.15) is 28.4 Å². The summed E-state index contributed by atoms with van der Waals surface area (Å²) in [6.45, 7) is 2.21. The molecule has 3 aromatic carbocycles. The van der Waals surface area contributed by atoms with E-state index >= 15 is 0 Å². The van der Waals surface area contributed by atoms with Crippen molar-refractivity contribution in [2.24, 2.45) is 4.99 Å². The number of amides is 1. The van der Waals surface area contributed by atoms with Crippen molar-refractivity contribution in [1.82, 2.24) is 4.90 Å². The SMILES string of the molecule is CCOC(=O)c1ccc(N=C2SC(=Cc3cc(Cl)c(OCc4ccc(F)cc4)c(Cl)c3)C(=O)N2C)cc1. The monoisotopic (exact) mass is 558 g/mol. The predicted molar refractivity (Wildman–Crippen MR) is 145 cm³/mol. The summed E-state index contributed by atoms with van der Waals surface area (Å²) < 4.78 is 23.8. The molecule has 0 spiro atoms. The Balaban J connectivity index is 1.49. The third kappa shape index (κ3) is 6.52. The van der Waals surface area contributed by atoms with E-state index in [9.17, 15) is 14.0 Å². The van der Waals surface area contributed by atoms with Crippen LogP contribution in [0.5, 0.6) is 5.75 Å². The lowest BCUT2D eigenvalue weighted by molar-refractivity contribution is -0.121. The summed E-state index contributed by atoms with van der Waals surface area (Å²) in [5.74, 6) is -0.664. The Labute approximate surface area is 227 Å². The molecule has 0 unspecified atom stereocenters. The van der Waals surface area contributed by atoms with Crippen LogP contribution in [0.3, 0.4) is 0 Å². The lowest BCUT2D eigenvalue weighted by atomic mass is 10.2. The first kappa shape index (κ1) is 26.7. The van der Waals surface area contributed by atoms with Crippen molar-refractivity contribution in [3.05, 3.63) is 98.1 Å². The van der Waals surface area contributed by atoms with Crippen LogP contribution >= 0.6 is 35.0 Å². The quantitative estimate of drug-likeness (QED) is 0.228. The molecule has 1 saturated heterocycles. The van der Waals surface area contributed by atoms with Gasteiger partial charge in [-0.3, -0.25) is 9.69 Å². The molecule has 4 rings (SSSR count). The fraction of sp³-hybridized carbons (Fsp3) is 0.148. The van der Waals surface area contributed by atoms with Crippen LogP contribution < -0.4 is 4.74 Å². The molecule has 190 valence electrons. The lowest BCUT2D eigenvalue weighted by Crippen LogP contribution is -2.23. The fourth-order valence-electron chi connectivity index (χ4n) is 3.34. The average Bonchev–Trinajstić information content (AvgIpc) is 3.12. The summed E-state index contributed by atoms with van der Waals surface area (Å²) in [4.78, 5) is 31.1. The molecule has 0 radical (unpaired) electrons. The van der Waals surface area contributed by atoms with Gasteiger partial charge in [0.05, 0.1) is 32.8 Å². The number of benzene rings is 3. The number of hydrogen-bond acceptors (Lipinski definition) is 6. The Morgan fingerprint density at radius 2 is 1.73 bits per heavy atom. The number of ether oxygens (including phenoxy) is 2. The average molecular weight is 559 g/mol. The maximum absolute atomic E-state index is 13.1. The van der Waals surface area contributed by atoms with E-state index in [-0.39, 0.29) is 28.4 Å². The first-order valence-electron chi connectivity index (χ1n) is 11.1. The molecule has 1 fully saturated rings. The molecule has 0 atom stereocenters. The highest BCUT2D eigenvalue weighted by Crippen LogP contribution is 2.38. The number of aliphatic imine (C=N–C) groups is 1. The van der Waals surface area contributed by atoms with Crippen LogP contribution in [-0.4, -0.2) is 35.6 Å². The Hall–Kier alpha value is -3.33. The van der Waals surface area contributed by atoms with Gasteiger partial charge in [0.25, 0.3) is 5.91 Å². The molecule has 6 nitrogen and oxygen atoms in total. The molecule has 1 heterocycles. The number of esters is 1. The van der Waals surface area contributed by atoms with Crippen LogP contribution in [0.15, 0.2) is 70.6 Å². The van der Waals surface area contributed by atoms with Crippen molar-refractivity contribution in [2.75, 3.05) is 13.7 Å². The van der Waals surface area contributed by atoms with Gasteiger partial charge in [0.15, 0.2) is 10.9 Å². The summed E-state index contributed by atoms with van der Waals surface area (Å²) in [6, 6.07) is 15.8. The molecular formula is C27H21Cl2FN2O4S. The summed E-state index contributed by atoms with van der Waals surface area (Å²) >= 11 is 14.0. The molecule has 0 bridgehead atoms. The smallest absolute Gasteiger partial charge is 0.338 e. The topological polar surface area (TPSA) is 68.2 Å². The second-order valence-electron chi connectivity index (χ2n) is 7.87. The Morgan fingerprint density at radius 3 is 2.35 bits per heavy atom. The third-order valence-corrected chi connectivity index (χ3v) is 6.84. The minimum atomic E-state index is -0.404. The zero-order valence-corrected chi connectivity index (χ0v) is 22.2. The van der Waals surface area contributed by atoms with E-state index in [2.05, 4.69) is 4.99 Å². The number of rotatable bonds is 7. The molecule has 0 aliphatic carbocycles. The number of hydrogen-bond donors (Lipinski definition) is 0. The minimum absolute atomic E-state index is 0.167. The first-order chi connectivity index (χ1) is 17.7. The highest BCUT2D eigenvalue weighted by atomic mass is 35.5. The zero-order chi connectivity index (χ0) is 26.5. The largest absolute Gasteiger partial charge is 0.486 e. The van der Waals surface area contributed by atoms with Crippen molar-refractivity contribution >= 4 is 63.8 Å². The van der Waals surface area contributed by atoms with Crippen LogP contribution in [0, 0.1) is 5.82 Å². The minimum Gasteiger partial charge on any atom is -0.486 e. The summed E-state index contributed by atoms with van der Waals surface area (Å²) in [5, 5.41) is 1.04. The van der Waals surface area contributed by atoms with Crippen molar-refractivity contribution in [3.63, 3.8) is 0 Å². The van der Waals surface area contributed by atoms with Gasteiger partial charge >= 0.3 is 5.97 Å². The number of thioether (sulfide) groups is 1. The normalized spacial score (nSPS) is 15.5. The summed E-state index contributed by atoms with van der Waals surface area (Å²) in [7, 11) is 1.63.